The zero-order valence-electron chi connectivity index (χ0n) is 1.75. The summed E-state index contributed by atoms with van der Waals surface area (Å²) >= 11 is 0. The molecule has 0 aliphatic heterocycles. The third-order valence-electron chi connectivity index (χ3n) is 0. The zero-order valence-corrected chi connectivity index (χ0v) is 5.78. The molecule has 0 aromatic carbocycles. The Labute approximate surface area is 49.9 Å². The second-order valence-electron chi connectivity index (χ2n) is 0. The van der Waals surface area contributed by atoms with E-state index in [0.29, 0.717) is 0 Å². The molecule has 0 amide bonds. The van der Waals surface area contributed by atoms with Crippen molar-refractivity contribution in [3.8, 4) is 0 Å². The summed E-state index contributed by atoms with van der Waals surface area (Å²) in [4.78, 5) is 7.75. The van der Waals surface area contributed by atoms with E-state index in [1.165, 1.54) is 0 Å². The molecule has 0 aliphatic rings. The summed E-state index contributed by atoms with van der Waals surface area (Å²) in [6.07, 6.45) is 0. The van der Waals surface area contributed by atoms with Crippen molar-refractivity contribution in [1.29, 1.82) is 0 Å². The molecule has 1 nitrogen and oxygen atoms in total. The Balaban J connectivity index is -0.00000000500. The van der Waals surface area contributed by atoms with Gasteiger partial charge in [-0.1, -0.05) is 0 Å². The monoisotopic (exact) mass is 269 g/mol. The Kier molecular flexibility index (Phi) is 217. The predicted octanol–water partition coefficient (Wildman–Crippen LogP) is -0.279. The molecule has 0 aliphatic carbocycles. The molecule has 4 heavy (non-hydrogen) atoms. The standard InChI is InChI=1S/CHO.Fe.W/c1-2;;/h1H;;/q-1;;. The minimum absolute atomic E-state index is 0. The van der Waals surface area contributed by atoms with Crippen LogP contribution >= 0.6 is 0 Å². The topological polar surface area (TPSA) is 17.1 Å². The summed E-state index contributed by atoms with van der Waals surface area (Å²) in [5.41, 5.74) is 0. The van der Waals surface area contributed by atoms with Gasteiger partial charge in [0.25, 0.3) is 0 Å². The van der Waals surface area contributed by atoms with Crippen molar-refractivity contribution in [1.82, 2.24) is 0 Å². The van der Waals surface area contributed by atoms with Crippen molar-refractivity contribution < 1.29 is 42.9 Å². The van der Waals surface area contributed by atoms with Gasteiger partial charge in [-0.15, -0.1) is 0 Å². The molecule has 0 unspecified atom stereocenters. The van der Waals surface area contributed by atoms with Gasteiger partial charge in [-0.25, -0.2) is 0 Å². The molecule has 0 aromatic rings. The molecule has 26 valence electrons. The van der Waals surface area contributed by atoms with E-state index >= 15 is 0 Å². The summed E-state index contributed by atoms with van der Waals surface area (Å²) in [7, 11) is 0. The fraction of sp³-hybridized carbons (Fsp3) is 0. The van der Waals surface area contributed by atoms with Crippen LogP contribution in [0.5, 0.6) is 0 Å². The molecule has 0 bridgehead atoms. The van der Waals surface area contributed by atoms with E-state index in [4.69, 9.17) is 4.79 Å². The summed E-state index contributed by atoms with van der Waals surface area (Å²) in [6.45, 7) is 3.25. The van der Waals surface area contributed by atoms with Crippen molar-refractivity contribution in [2.24, 2.45) is 0 Å². The van der Waals surface area contributed by atoms with Crippen LogP contribution in [0.4, 0.5) is 0 Å². The SMILES string of the molecule is [CH-]=O.[Fe].[W]. The van der Waals surface area contributed by atoms with Crippen molar-refractivity contribution in [3.05, 3.63) is 0 Å². The molecule has 3 heteroatoms. The van der Waals surface area contributed by atoms with Gasteiger partial charge in [0.15, 0.2) is 0 Å². The van der Waals surface area contributed by atoms with Gasteiger partial charge in [-0.3, -0.25) is 6.79 Å². The van der Waals surface area contributed by atoms with Crippen LogP contribution in [0.25, 0.3) is 0 Å². The third kappa shape index (κ3) is 13.2. The minimum Gasteiger partial charge on any atom is -0.545 e. The molecule has 0 atom stereocenters. The van der Waals surface area contributed by atoms with Gasteiger partial charge in [0, 0.05) is 38.1 Å². The van der Waals surface area contributed by atoms with Gasteiger partial charge in [0.05, 0.1) is 0 Å². The van der Waals surface area contributed by atoms with Crippen LogP contribution in [0.1, 0.15) is 0 Å². The van der Waals surface area contributed by atoms with E-state index in [0.717, 1.165) is 0 Å². The van der Waals surface area contributed by atoms with Crippen LogP contribution in [-0.2, 0) is 42.9 Å². The van der Waals surface area contributed by atoms with Crippen LogP contribution in [0, 0.1) is 0 Å². The number of rotatable bonds is 0. The van der Waals surface area contributed by atoms with E-state index < -0.39 is 0 Å². The van der Waals surface area contributed by atoms with Crippen molar-refractivity contribution in [3.63, 3.8) is 0 Å². The first-order chi connectivity index (χ1) is 1.00. The minimum atomic E-state index is 0. The third-order valence-corrected chi connectivity index (χ3v) is 0. The van der Waals surface area contributed by atoms with E-state index in [1.807, 2.05) is 0 Å². The van der Waals surface area contributed by atoms with Crippen LogP contribution in [0.2, 0.25) is 0 Å². The molecule has 0 rings (SSSR count). The second-order valence-corrected chi connectivity index (χ2v) is 0. The Hall–Kier alpha value is 0.878. The average molecular weight is 269 g/mol. The molecule has 0 heterocycles. The maximum Gasteiger partial charge on any atom is 0 e. The Morgan fingerprint density at radius 2 is 1.25 bits per heavy atom. The van der Waals surface area contributed by atoms with Crippen LogP contribution in [-0.4, -0.2) is 6.79 Å². The van der Waals surface area contributed by atoms with Crippen LogP contribution < -0.4 is 0 Å². The van der Waals surface area contributed by atoms with Crippen molar-refractivity contribution in [2.75, 3.05) is 0 Å². The summed E-state index contributed by atoms with van der Waals surface area (Å²) in [5.74, 6) is 0. The van der Waals surface area contributed by atoms with Gasteiger partial charge in [0.1, 0.15) is 0 Å². The van der Waals surface area contributed by atoms with Gasteiger partial charge in [0.2, 0.25) is 0 Å². The Bertz CT molecular complexity index is 8.00. The molecule has 0 aromatic heterocycles. The maximum absolute atomic E-state index is 7.75. The fourth-order valence-corrected chi connectivity index (χ4v) is 0. The molecule has 0 fully saturated rings. The fourth-order valence-electron chi connectivity index (χ4n) is 0. The summed E-state index contributed by atoms with van der Waals surface area (Å²) in [6, 6.07) is 0. The largest absolute Gasteiger partial charge is 0.545 e. The first-order valence-electron chi connectivity index (χ1n) is 0.236. The number of carbonyl (C=O) groups excluding carboxylic acids is 1. The molecular formula is CHFeOW-. The zero-order chi connectivity index (χ0) is 2.00. The first-order valence-corrected chi connectivity index (χ1v) is 0.236. The van der Waals surface area contributed by atoms with E-state index in [9.17, 15) is 0 Å². The first kappa shape index (κ1) is 20.8. The average Bonchev–Trinajstić information content (AvgIpc) is 1.00. The van der Waals surface area contributed by atoms with Gasteiger partial charge < -0.3 is 4.79 Å². The molecule has 0 radical (unpaired) electrons. The number of hydrogen-bond acceptors (Lipinski definition) is 1. The molecular weight excluding hydrogens is 268 g/mol. The van der Waals surface area contributed by atoms with E-state index in [2.05, 4.69) is 6.79 Å². The Morgan fingerprint density at radius 1 is 1.25 bits per heavy atom. The molecule has 0 saturated carbocycles. The van der Waals surface area contributed by atoms with Crippen molar-refractivity contribution in [2.45, 2.75) is 0 Å². The maximum atomic E-state index is 7.75. The molecule has 0 saturated heterocycles. The van der Waals surface area contributed by atoms with E-state index in [1.54, 1.807) is 0 Å². The van der Waals surface area contributed by atoms with Gasteiger partial charge in [-0.05, 0) is 0 Å². The second kappa shape index (κ2) is 41.7. The predicted molar refractivity (Wildman–Crippen MR) is 6.75 cm³/mol. The number of hydrogen-bond donors (Lipinski definition) is 0. The molecule has 0 N–H and O–H groups in total. The quantitative estimate of drug-likeness (QED) is 0.336. The molecule has 0 spiro atoms. The van der Waals surface area contributed by atoms with Gasteiger partial charge in [-0.2, -0.15) is 0 Å². The Morgan fingerprint density at radius 3 is 1.25 bits per heavy atom. The van der Waals surface area contributed by atoms with Crippen LogP contribution in [0.15, 0.2) is 0 Å². The summed E-state index contributed by atoms with van der Waals surface area (Å²) < 4.78 is 0. The van der Waals surface area contributed by atoms with Gasteiger partial charge >= 0.3 is 0 Å². The van der Waals surface area contributed by atoms with Crippen LogP contribution in [0.3, 0.4) is 0 Å². The van der Waals surface area contributed by atoms with E-state index in [-0.39, 0.29) is 38.1 Å². The smallest absolute Gasteiger partial charge is 0 e. The summed E-state index contributed by atoms with van der Waals surface area (Å²) in [5, 5.41) is 0. The van der Waals surface area contributed by atoms with Crippen molar-refractivity contribution >= 4 is 6.79 Å². The normalized spacial score (nSPS) is 1.00.